The lowest BCUT2D eigenvalue weighted by molar-refractivity contribution is 0.349. The Kier molecular flexibility index (Phi) is 6.29. The number of thiophene rings is 1. The van der Waals surface area contributed by atoms with Crippen molar-refractivity contribution in [1.82, 2.24) is 10.3 Å². The second-order valence-corrected chi connectivity index (χ2v) is 8.13. The molecule has 0 amide bonds. The van der Waals surface area contributed by atoms with Crippen LogP contribution < -0.4 is 14.8 Å². The van der Waals surface area contributed by atoms with Crippen LogP contribution in [0, 0.1) is 13.8 Å². The lowest BCUT2D eigenvalue weighted by atomic mass is 10.1. The predicted octanol–water partition coefficient (Wildman–Crippen LogP) is 4.91. The van der Waals surface area contributed by atoms with E-state index in [1.807, 2.05) is 12.1 Å². The molecule has 138 valence electrons. The zero-order valence-electron chi connectivity index (χ0n) is 15.5. The molecule has 3 aromatic rings. The molecular formula is C20H24N2O2S2. The topological polar surface area (TPSA) is 43.4 Å². The molecule has 0 aliphatic rings. The fourth-order valence-corrected chi connectivity index (χ4v) is 4.54. The number of aromatic nitrogens is 1. The van der Waals surface area contributed by atoms with E-state index in [2.05, 4.69) is 42.1 Å². The first-order valence-electron chi connectivity index (χ1n) is 8.50. The molecule has 6 heteroatoms. The molecule has 1 aromatic carbocycles. The molecule has 0 saturated carbocycles. The molecule has 4 nitrogen and oxygen atoms in total. The van der Waals surface area contributed by atoms with Crippen molar-refractivity contribution in [2.24, 2.45) is 0 Å². The summed E-state index contributed by atoms with van der Waals surface area (Å²) in [5.74, 6) is 1.53. The summed E-state index contributed by atoms with van der Waals surface area (Å²) in [4.78, 5) is 6.06. The van der Waals surface area contributed by atoms with Crippen LogP contribution in [0.25, 0.3) is 0 Å². The highest BCUT2D eigenvalue weighted by Gasteiger charge is 2.19. The van der Waals surface area contributed by atoms with Gasteiger partial charge in [-0.05, 0) is 48.7 Å². The van der Waals surface area contributed by atoms with Crippen LogP contribution in [0.5, 0.6) is 11.5 Å². The van der Waals surface area contributed by atoms with Crippen molar-refractivity contribution in [3.63, 3.8) is 0 Å². The van der Waals surface area contributed by atoms with Crippen LogP contribution in [0.4, 0.5) is 0 Å². The van der Waals surface area contributed by atoms with Crippen molar-refractivity contribution in [1.29, 1.82) is 0 Å². The number of rotatable bonds is 8. The smallest absolute Gasteiger partial charge is 0.165 e. The summed E-state index contributed by atoms with van der Waals surface area (Å²) in [6.07, 6.45) is 0.919. The zero-order chi connectivity index (χ0) is 18.5. The third-order valence-corrected chi connectivity index (χ3v) is 6.31. The van der Waals surface area contributed by atoms with Crippen LogP contribution >= 0.6 is 22.7 Å². The molecule has 0 saturated heterocycles. The van der Waals surface area contributed by atoms with Gasteiger partial charge in [-0.15, -0.1) is 11.3 Å². The van der Waals surface area contributed by atoms with Gasteiger partial charge in [-0.2, -0.15) is 11.3 Å². The number of aryl methyl sites for hydroxylation is 2. The van der Waals surface area contributed by atoms with Crippen LogP contribution in [-0.4, -0.2) is 19.2 Å². The largest absolute Gasteiger partial charge is 0.493 e. The molecular weight excluding hydrogens is 364 g/mol. The van der Waals surface area contributed by atoms with E-state index in [0.29, 0.717) is 6.54 Å². The van der Waals surface area contributed by atoms with Gasteiger partial charge in [0.15, 0.2) is 11.5 Å². The summed E-state index contributed by atoms with van der Waals surface area (Å²) in [6, 6.07) is 8.31. The Morgan fingerprint density at radius 2 is 2.00 bits per heavy atom. The summed E-state index contributed by atoms with van der Waals surface area (Å²) in [6.45, 7) is 4.89. The molecule has 2 aromatic heterocycles. The molecule has 0 spiro atoms. The first-order chi connectivity index (χ1) is 12.6. The Morgan fingerprint density at radius 1 is 1.15 bits per heavy atom. The Bertz CT molecular complexity index is 824. The van der Waals surface area contributed by atoms with Crippen molar-refractivity contribution in [3.8, 4) is 11.5 Å². The zero-order valence-corrected chi connectivity index (χ0v) is 17.2. The van der Waals surface area contributed by atoms with E-state index in [4.69, 9.17) is 14.5 Å². The number of nitrogens with zero attached hydrogens (tertiary/aromatic N) is 1. The molecule has 2 heterocycles. The molecule has 0 aliphatic carbocycles. The molecule has 0 fully saturated rings. The van der Waals surface area contributed by atoms with Gasteiger partial charge in [0, 0.05) is 17.0 Å². The number of nitrogens with one attached hydrogen (secondary N) is 1. The molecule has 3 rings (SSSR count). The first kappa shape index (κ1) is 18.9. The van der Waals surface area contributed by atoms with Crippen LogP contribution in [0.2, 0.25) is 0 Å². The Hall–Kier alpha value is -1.89. The fraction of sp³-hybridized carbons (Fsp3) is 0.350. The molecule has 0 unspecified atom stereocenters. The van der Waals surface area contributed by atoms with Gasteiger partial charge in [-0.3, -0.25) is 0 Å². The second-order valence-electron chi connectivity index (χ2n) is 6.12. The summed E-state index contributed by atoms with van der Waals surface area (Å²) in [7, 11) is 3.34. The Morgan fingerprint density at radius 3 is 2.62 bits per heavy atom. The maximum Gasteiger partial charge on any atom is 0.165 e. The Labute approximate surface area is 162 Å². The van der Waals surface area contributed by atoms with E-state index in [1.54, 1.807) is 36.9 Å². The highest BCUT2D eigenvalue weighted by molar-refractivity contribution is 7.11. The minimum absolute atomic E-state index is 0.165. The lowest BCUT2D eigenvalue weighted by Gasteiger charge is -2.18. The van der Waals surface area contributed by atoms with Crippen molar-refractivity contribution >= 4 is 22.7 Å². The molecule has 26 heavy (non-hydrogen) atoms. The summed E-state index contributed by atoms with van der Waals surface area (Å²) in [5.41, 5.74) is 3.52. The van der Waals surface area contributed by atoms with Gasteiger partial charge in [0.05, 0.1) is 26.0 Å². The van der Waals surface area contributed by atoms with E-state index < -0.39 is 0 Å². The molecule has 1 N–H and O–H groups in total. The maximum atomic E-state index is 5.56. The number of hydrogen-bond donors (Lipinski definition) is 1. The molecule has 0 bridgehead atoms. The number of benzene rings is 1. The van der Waals surface area contributed by atoms with Crippen LogP contribution in [0.3, 0.4) is 0 Å². The van der Waals surface area contributed by atoms with Gasteiger partial charge in [0.2, 0.25) is 0 Å². The van der Waals surface area contributed by atoms with Gasteiger partial charge in [-0.1, -0.05) is 12.1 Å². The fourth-order valence-electron chi connectivity index (χ4n) is 2.86. The molecule has 0 aliphatic heterocycles. The number of hydrogen-bond acceptors (Lipinski definition) is 6. The predicted molar refractivity (Wildman–Crippen MR) is 109 cm³/mol. The van der Waals surface area contributed by atoms with Gasteiger partial charge in [-0.25, -0.2) is 4.98 Å². The lowest BCUT2D eigenvalue weighted by Crippen LogP contribution is -2.23. The number of para-hydroxylation sites is 1. The third kappa shape index (κ3) is 4.26. The van der Waals surface area contributed by atoms with Crippen molar-refractivity contribution in [2.45, 2.75) is 32.9 Å². The highest BCUT2D eigenvalue weighted by atomic mass is 32.1. The van der Waals surface area contributed by atoms with E-state index in [0.717, 1.165) is 34.2 Å². The maximum absolute atomic E-state index is 5.56. The second kappa shape index (κ2) is 8.66. The van der Waals surface area contributed by atoms with E-state index >= 15 is 0 Å². The van der Waals surface area contributed by atoms with E-state index in [1.165, 1.54) is 10.4 Å². The van der Waals surface area contributed by atoms with Gasteiger partial charge >= 0.3 is 0 Å². The van der Waals surface area contributed by atoms with E-state index in [-0.39, 0.29) is 6.04 Å². The monoisotopic (exact) mass is 388 g/mol. The van der Waals surface area contributed by atoms with Crippen molar-refractivity contribution in [2.75, 3.05) is 14.2 Å². The normalized spacial score (nSPS) is 12.2. The molecule has 0 radical (unpaired) electrons. The van der Waals surface area contributed by atoms with Gasteiger partial charge in [0.25, 0.3) is 0 Å². The summed E-state index contributed by atoms with van der Waals surface area (Å²) in [5, 5.41) is 9.13. The molecule has 1 atom stereocenters. The SMILES string of the molecule is COc1cccc(CN[C@H](Cc2ccsc2)c2nc(C)c(C)s2)c1OC. The minimum Gasteiger partial charge on any atom is -0.493 e. The average molecular weight is 389 g/mol. The van der Waals surface area contributed by atoms with Crippen LogP contribution in [-0.2, 0) is 13.0 Å². The van der Waals surface area contributed by atoms with E-state index in [9.17, 15) is 0 Å². The minimum atomic E-state index is 0.165. The first-order valence-corrected chi connectivity index (χ1v) is 10.3. The van der Waals surface area contributed by atoms with Gasteiger partial charge < -0.3 is 14.8 Å². The third-order valence-electron chi connectivity index (χ3n) is 4.39. The summed E-state index contributed by atoms with van der Waals surface area (Å²) >= 11 is 3.50. The number of ether oxygens (including phenoxy) is 2. The Balaban J connectivity index is 1.82. The van der Waals surface area contributed by atoms with Crippen LogP contribution in [0.15, 0.2) is 35.0 Å². The average Bonchev–Trinajstić information content (AvgIpc) is 3.28. The quantitative estimate of drug-likeness (QED) is 0.595. The standard InChI is InChI=1S/C20H24N2O2S2/c1-13-14(2)26-20(22-13)17(10-15-8-9-25-12-15)21-11-16-6-5-7-18(23-3)19(16)24-4/h5-9,12,17,21H,10-11H2,1-4H3/t17-/m1/s1. The van der Waals surface area contributed by atoms with Crippen molar-refractivity contribution < 1.29 is 9.47 Å². The van der Waals surface area contributed by atoms with Gasteiger partial charge in [0.1, 0.15) is 5.01 Å². The number of thiazole rings is 1. The van der Waals surface area contributed by atoms with Crippen LogP contribution in [0.1, 0.15) is 32.7 Å². The van der Waals surface area contributed by atoms with Crippen molar-refractivity contribution in [3.05, 3.63) is 61.7 Å². The highest BCUT2D eigenvalue weighted by Crippen LogP contribution is 2.32. The summed E-state index contributed by atoms with van der Waals surface area (Å²) < 4.78 is 11.0. The number of methoxy groups -OCH3 is 2.